The number of aromatic nitrogens is 2. The Balaban J connectivity index is 1.42. The van der Waals surface area contributed by atoms with Crippen molar-refractivity contribution in [2.45, 2.75) is 10.9 Å². The quantitative estimate of drug-likeness (QED) is 0.649. The molecule has 3 aromatic rings. The van der Waals surface area contributed by atoms with Gasteiger partial charge in [0.05, 0.1) is 34.1 Å². The first kappa shape index (κ1) is 19.8. The Bertz CT molecular complexity index is 994. The van der Waals surface area contributed by atoms with Gasteiger partial charge < -0.3 is 15.2 Å². The van der Waals surface area contributed by atoms with Crippen LogP contribution >= 0.6 is 0 Å². The number of amides is 1. The minimum Gasteiger partial charge on any atom is -0.331 e. The minimum absolute atomic E-state index is 0.0449. The highest BCUT2D eigenvalue weighted by Crippen LogP contribution is 2.20. The van der Waals surface area contributed by atoms with E-state index < -0.39 is 10.8 Å². The number of fused-ring (bicyclic) bond motifs is 1. The molecule has 1 amide bonds. The maximum absolute atomic E-state index is 12.9. The number of nitrogens with one attached hydrogen (secondary N) is 2. The second-order valence-corrected chi connectivity index (χ2v) is 8.70. The zero-order valence-corrected chi connectivity index (χ0v) is 17.2. The van der Waals surface area contributed by atoms with E-state index in [2.05, 4.69) is 32.1 Å². The number of anilines is 1. The number of carbonyl (C=O) groups excluding carboxylic acids is 1. The van der Waals surface area contributed by atoms with Gasteiger partial charge in [-0.15, -0.1) is 0 Å². The van der Waals surface area contributed by atoms with E-state index in [-0.39, 0.29) is 11.7 Å². The third-order valence-electron chi connectivity index (χ3n) is 5.12. The average molecular weight is 412 g/mol. The summed E-state index contributed by atoms with van der Waals surface area (Å²) in [6, 6.07) is 15.1. The first-order valence-electron chi connectivity index (χ1n) is 9.70. The van der Waals surface area contributed by atoms with Crippen molar-refractivity contribution in [3.8, 4) is 0 Å². The number of nitrogens with zero attached hydrogens (tertiary/aromatic N) is 3. The van der Waals surface area contributed by atoms with Gasteiger partial charge in [0.15, 0.2) is 5.16 Å². The summed E-state index contributed by atoms with van der Waals surface area (Å²) in [5, 5.41) is 3.44. The number of benzene rings is 2. The fraction of sp³-hybridized carbons (Fsp3) is 0.333. The highest BCUT2D eigenvalue weighted by atomic mass is 32.2. The highest BCUT2D eigenvalue weighted by Gasteiger charge is 2.18. The molecule has 2 N–H and O–H groups in total. The van der Waals surface area contributed by atoms with Crippen LogP contribution in [0.2, 0.25) is 0 Å². The first-order valence-corrected chi connectivity index (χ1v) is 11.0. The Morgan fingerprint density at radius 3 is 2.62 bits per heavy atom. The molecule has 0 radical (unpaired) electrons. The van der Waals surface area contributed by atoms with Crippen LogP contribution in [0.15, 0.2) is 53.7 Å². The minimum atomic E-state index is -1.34. The van der Waals surface area contributed by atoms with Crippen molar-refractivity contribution >= 4 is 33.4 Å². The van der Waals surface area contributed by atoms with Crippen LogP contribution in [-0.4, -0.2) is 69.7 Å². The average Bonchev–Trinajstić information content (AvgIpc) is 3.16. The summed E-state index contributed by atoms with van der Waals surface area (Å²) in [6.07, 6.45) is 0. The molecule has 1 fully saturated rings. The molecule has 4 rings (SSSR count). The number of likely N-dealkylation sites (N-methyl/N-ethyl adjacent to an activating group) is 1. The SMILES string of the molecule is CN1CCN(CC(=O)Nc2ccccc2C[S@@](=O)c2nc3ccccc3[nH]2)CC1. The number of hydrogen-bond acceptors (Lipinski definition) is 5. The van der Waals surface area contributed by atoms with E-state index in [4.69, 9.17) is 0 Å². The summed E-state index contributed by atoms with van der Waals surface area (Å²) in [5.41, 5.74) is 3.20. The summed E-state index contributed by atoms with van der Waals surface area (Å²) in [6.45, 7) is 4.10. The number of imidazole rings is 1. The van der Waals surface area contributed by atoms with Gasteiger partial charge in [0, 0.05) is 31.9 Å². The van der Waals surface area contributed by atoms with Gasteiger partial charge >= 0.3 is 0 Å². The van der Waals surface area contributed by atoms with Crippen molar-refractivity contribution in [1.29, 1.82) is 0 Å². The maximum atomic E-state index is 12.9. The van der Waals surface area contributed by atoms with E-state index in [0.29, 0.717) is 17.4 Å². The molecule has 0 spiro atoms. The normalized spacial score (nSPS) is 16.7. The van der Waals surface area contributed by atoms with Crippen LogP contribution in [0.4, 0.5) is 5.69 Å². The van der Waals surface area contributed by atoms with Crippen LogP contribution in [0, 0.1) is 0 Å². The molecule has 8 heteroatoms. The van der Waals surface area contributed by atoms with E-state index in [1.165, 1.54) is 0 Å². The lowest BCUT2D eigenvalue weighted by Crippen LogP contribution is -2.47. The van der Waals surface area contributed by atoms with Crippen molar-refractivity contribution in [2.75, 3.05) is 45.1 Å². The molecule has 29 heavy (non-hydrogen) atoms. The predicted octanol–water partition coefficient (Wildman–Crippen LogP) is 2.06. The number of para-hydroxylation sites is 3. The molecule has 152 valence electrons. The summed E-state index contributed by atoms with van der Waals surface area (Å²) in [7, 11) is 0.757. The van der Waals surface area contributed by atoms with E-state index in [1.54, 1.807) is 0 Å². The summed E-state index contributed by atoms with van der Waals surface area (Å²) >= 11 is 0. The zero-order valence-electron chi connectivity index (χ0n) is 16.4. The molecule has 1 aliphatic rings. The fourth-order valence-electron chi connectivity index (χ4n) is 3.41. The molecule has 1 saturated heterocycles. The van der Waals surface area contributed by atoms with Gasteiger partial charge in [-0.05, 0) is 30.8 Å². The van der Waals surface area contributed by atoms with Crippen LogP contribution in [0.3, 0.4) is 0 Å². The third kappa shape index (κ3) is 4.90. The number of hydrogen-bond donors (Lipinski definition) is 2. The smallest absolute Gasteiger partial charge is 0.238 e. The number of H-pyrrole nitrogens is 1. The monoisotopic (exact) mass is 411 g/mol. The topological polar surface area (TPSA) is 81.3 Å². The molecule has 0 aliphatic carbocycles. The second kappa shape index (κ2) is 8.86. The van der Waals surface area contributed by atoms with E-state index in [0.717, 1.165) is 42.8 Å². The molecule has 0 saturated carbocycles. The molecule has 2 heterocycles. The molecule has 1 atom stereocenters. The van der Waals surface area contributed by atoms with E-state index in [9.17, 15) is 9.00 Å². The molecule has 7 nitrogen and oxygen atoms in total. The maximum Gasteiger partial charge on any atom is 0.238 e. The largest absolute Gasteiger partial charge is 0.331 e. The van der Waals surface area contributed by atoms with Gasteiger partial charge in [-0.2, -0.15) is 0 Å². The molecular formula is C21H25N5O2S. The molecule has 1 aliphatic heterocycles. The van der Waals surface area contributed by atoms with Crippen LogP contribution in [-0.2, 0) is 21.3 Å². The Morgan fingerprint density at radius 1 is 1.10 bits per heavy atom. The number of carbonyl (C=O) groups is 1. The van der Waals surface area contributed by atoms with Crippen molar-refractivity contribution in [1.82, 2.24) is 19.8 Å². The standard InChI is InChI=1S/C21H25N5O2S/c1-25-10-12-26(13-11-25)14-20(27)22-17-7-3-2-6-16(17)15-29(28)21-23-18-8-4-5-9-19(18)24-21/h2-9H,10-15H2,1H3,(H,22,27)(H,23,24)/t29-/m1/s1. The number of piperazine rings is 1. The van der Waals surface area contributed by atoms with Gasteiger partial charge in [-0.1, -0.05) is 30.3 Å². The summed E-state index contributed by atoms with van der Waals surface area (Å²) < 4.78 is 12.9. The zero-order chi connectivity index (χ0) is 20.2. The van der Waals surface area contributed by atoms with Gasteiger partial charge in [0.1, 0.15) is 0 Å². The lowest BCUT2D eigenvalue weighted by molar-refractivity contribution is -0.117. The van der Waals surface area contributed by atoms with Gasteiger partial charge in [0.2, 0.25) is 5.91 Å². The third-order valence-corrected chi connectivity index (χ3v) is 6.32. The first-order chi connectivity index (χ1) is 14.1. The number of rotatable bonds is 6. The van der Waals surface area contributed by atoms with E-state index in [1.807, 2.05) is 48.5 Å². The van der Waals surface area contributed by atoms with Crippen molar-refractivity contribution in [3.63, 3.8) is 0 Å². The molecule has 0 unspecified atom stereocenters. The van der Waals surface area contributed by atoms with Crippen molar-refractivity contribution in [2.24, 2.45) is 0 Å². The second-order valence-electron chi connectivity index (χ2n) is 7.33. The van der Waals surface area contributed by atoms with Gasteiger partial charge in [-0.25, -0.2) is 4.98 Å². The molecule has 1 aromatic heterocycles. The van der Waals surface area contributed by atoms with Crippen molar-refractivity contribution in [3.05, 3.63) is 54.1 Å². The molecule has 0 bridgehead atoms. The lowest BCUT2D eigenvalue weighted by Gasteiger charge is -2.31. The fourth-order valence-corrected chi connectivity index (χ4v) is 4.51. The van der Waals surface area contributed by atoms with Gasteiger partial charge in [-0.3, -0.25) is 13.9 Å². The molecule has 2 aromatic carbocycles. The van der Waals surface area contributed by atoms with Gasteiger partial charge in [0.25, 0.3) is 0 Å². The van der Waals surface area contributed by atoms with Crippen LogP contribution in [0.25, 0.3) is 11.0 Å². The summed E-state index contributed by atoms with van der Waals surface area (Å²) in [4.78, 5) is 24.5. The lowest BCUT2D eigenvalue weighted by atomic mass is 10.2. The molecular weight excluding hydrogens is 386 g/mol. The Morgan fingerprint density at radius 2 is 1.83 bits per heavy atom. The summed E-state index contributed by atoms with van der Waals surface area (Å²) in [5.74, 6) is 0.238. The highest BCUT2D eigenvalue weighted by molar-refractivity contribution is 7.84. The Kier molecular flexibility index (Phi) is 6.03. The predicted molar refractivity (Wildman–Crippen MR) is 115 cm³/mol. The van der Waals surface area contributed by atoms with Crippen LogP contribution in [0.1, 0.15) is 5.56 Å². The van der Waals surface area contributed by atoms with Crippen LogP contribution in [0.5, 0.6) is 0 Å². The Hall–Kier alpha value is -2.55. The van der Waals surface area contributed by atoms with Crippen molar-refractivity contribution < 1.29 is 9.00 Å². The number of aromatic amines is 1. The van der Waals surface area contributed by atoms with Crippen LogP contribution < -0.4 is 5.32 Å². The Labute approximate surface area is 172 Å². The van der Waals surface area contributed by atoms with E-state index >= 15 is 0 Å².